The molecule has 3 aromatic rings. The molecule has 2 atom stereocenters. The number of hydrogen-bond donors (Lipinski definition) is 2. The second-order valence-corrected chi connectivity index (χ2v) is 6.93. The van der Waals surface area contributed by atoms with Gasteiger partial charge < -0.3 is 24.2 Å². The van der Waals surface area contributed by atoms with E-state index in [0.29, 0.717) is 41.4 Å². The van der Waals surface area contributed by atoms with E-state index in [1.165, 1.54) is 11.2 Å². The number of aromatic nitrogens is 1. The van der Waals surface area contributed by atoms with Crippen molar-refractivity contribution >= 4 is 28.6 Å². The molecule has 0 unspecified atom stereocenters. The second kappa shape index (κ2) is 7.47. The molecule has 1 fully saturated rings. The molecular weight excluding hydrogens is 362 g/mol. The third-order valence-electron chi connectivity index (χ3n) is 4.95. The minimum atomic E-state index is -0.812. The monoisotopic (exact) mass is 383 g/mol. The van der Waals surface area contributed by atoms with Gasteiger partial charge in [0.1, 0.15) is 17.4 Å². The van der Waals surface area contributed by atoms with Gasteiger partial charge in [-0.15, -0.1) is 0 Å². The van der Waals surface area contributed by atoms with Gasteiger partial charge in [0.05, 0.1) is 6.26 Å². The molecule has 2 N–H and O–H groups in total. The topological polar surface area (TPSA) is 109 Å². The number of benzene rings is 1. The molecule has 4 rings (SSSR count). The Bertz CT molecular complexity index is 995. The van der Waals surface area contributed by atoms with Crippen LogP contribution in [0.3, 0.4) is 0 Å². The number of carbonyl (C=O) groups excluding carboxylic acids is 2. The molecule has 8 heteroatoms. The Morgan fingerprint density at radius 2 is 2.25 bits per heavy atom. The highest BCUT2D eigenvalue weighted by Crippen LogP contribution is 2.28. The maximum absolute atomic E-state index is 12.7. The number of nitrogens with zero attached hydrogens (tertiary/aromatic N) is 2. The number of oxazole rings is 1. The van der Waals surface area contributed by atoms with Crippen LogP contribution in [-0.2, 0) is 9.59 Å². The molecule has 2 amide bonds. The van der Waals surface area contributed by atoms with Crippen LogP contribution in [0.2, 0.25) is 0 Å². The summed E-state index contributed by atoms with van der Waals surface area (Å²) < 4.78 is 10.7. The van der Waals surface area contributed by atoms with Crippen LogP contribution in [0, 0.1) is 6.92 Å². The Hall–Kier alpha value is -3.13. The maximum Gasteiger partial charge on any atom is 0.313 e. The van der Waals surface area contributed by atoms with Crippen molar-refractivity contribution in [1.82, 2.24) is 9.88 Å². The molecule has 0 bridgehead atoms. The first-order chi connectivity index (χ1) is 13.5. The van der Waals surface area contributed by atoms with E-state index >= 15 is 0 Å². The number of amides is 2. The lowest BCUT2D eigenvalue weighted by Crippen LogP contribution is -2.43. The average molecular weight is 383 g/mol. The first kappa shape index (κ1) is 18.2. The Kier molecular flexibility index (Phi) is 4.87. The number of furan rings is 1. The van der Waals surface area contributed by atoms with Crippen molar-refractivity contribution in [2.75, 3.05) is 11.9 Å². The number of anilines is 1. The van der Waals surface area contributed by atoms with E-state index in [1.54, 1.807) is 37.3 Å². The highest BCUT2D eigenvalue weighted by atomic mass is 16.4. The molecule has 0 spiro atoms. The largest absolute Gasteiger partial charge is 0.467 e. The minimum absolute atomic E-state index is 0.210. The number of aryl methyl sites for hydroxylation is 1. The summed E-state index contributed by atoms with van der Waals surface area (Å²) in [4.78, 5) is 30.9. The molecule has 1 aliphatic rings. The Labute approximate surface area is 161 Å². The number of rotatable bonds is 4. The predicted molar refractivity (Wildman–Crippen MR) is 100 cm³/mol. The lowest BCUT2D eigenvalue weighted by atomic mass is 10.1. The fraction of sp³-hybridized carbons (Fsp3) is 0.350. The quantitative estimate of drug-likeness (QED) is 0.671. The molecule has 1 saturated heterocycles. The number of aliphatic hydroxyl groups excluding tert-OH is 1. The van der Waals surface area contributed by atoms with Gasteiger partial charge in [0, 0.05) is 37.7 Å². The summed E-state index contributed by atoms with van der Waals surface area (Å²) in [7, 11) is 0. The summed E-state index contributed by atoms with van der Waals surface area (Å²) in [6.07, 6.45) is 2.54. The summed E-state index contributed by atoms with van der Waals surface area (Å²) in [5, 5.41) is 12.9. The van der Waals surface area contributed by atoms with Crippen LogP contribution in [0.4, 0.5) is 5.69 Å². The number of fused-ring (bicyclic) bond motifs is 1. The third kappa shape index (κ3) is 3.63. The van der Waals surface area contributed by atoms with Gasteiger partial charge in [-0.3, -0.25) is 9.59 Å². The van der Waals surface area contributed by atoms with Crippen molar-refractivity contribution < 1.29 is 23.5 Å². The fourth-order valence-corrected chi connectivity index (χ4v) is 3.64. The number of carbonyl (C=O) groups is 2. The molecule has 146 valence electrons. The van der Waals surface area contributed by atoms with Crippen LogP contribution in [0.5, 0.6) is 0 Å². The zero-order chi connectivity index (χ0) is 19.7. The van der Waals surface area contributed by atoms with Gasteiger partial charge in [0.25, 0.3) is 0 Å². The third-order valence-corrected chi connectivity index (χ3v) is 4.95. The number of aliphatic hydroxyl groups is 1. The van der Waals surface area contributed by atoms with Gasteiger partial charge in [-0.2, -0.15) is 0 Å². The zero-order valence-electron chi connectivity index (χ0n) is 15.4. The molecule has 1 aromatic carbocycles. The summed E-state index contributed by atoms with van der Waals surface area (Å²) in [5.74, 6) is -0.332. The van der Waals surface area contributed by atoms with E-state index in [0.717, 1.165) is 12.8 Å². The molecule has 0 aliphatic carbocycles. The van der Waals surface area contributed by atoms with Gasteiger partial charge in [-0.05, 0) is 37.1 Å². The van der Waals surface area contributed by atoms with E-state index in [1.807, 2.05) is 0 Å². The SMILES string of the molecule is Cc1nc2ccc(NC(=O)C(=O)N3CCC[C@H]3C[C@@H](O)c3ccco3)cc2o1. The Balaban J connectivity index is 1.42. The molecule has 28 heavy (non-hydrogen) atoms. The van der Waals surface area contributed by atoms with Crippen molar-refractivity contribution in [2.45, 2.75) is 38.3 Å². The summed E-state index contributed by atoms with van der Waals surface area (Å²) >= 11 is 0. The number of hydrogen-bond acceptors (Lipinski definition) is 6. The summed E-state index contributed by atoms with van der Waals surface area (Å²) in [6, 6.07) is 8.23. The maximum atomic E-state index is 12.7. The molecule has 3 heterocycles. The summed E-state index contributed by atoms with van der Waals surface area (Å²) in [6.45, 7) is 2.23. The lowest BCUT2D eigenvalue weighted by Gasteiger charge is -2.25. The predicted octanol–water partition coefficient (Wildman–Crippen LogP) is 2.78. The van der Waals surface area contributed by atoms with Gasteiger partial charge in [-0.1, -0.05) is 0 Å². The van der Waals surface area contributed by atoms with Gasteiger partial charge >= 0.3 is 11.8 Å². The van der Waals surface area contributed by atoms with Crippen molar-refractivity contribution in [3.63, 3.8) is 0 Å². The minimum Gasteiger partial charge on any atom is -0.467 e. The van der Waals surface area contributed by atoms with E-state index in [2.05, 4.69) is 10.3 Å². The van der Waals surface area contributed by atoms with E-state index in [4.69, 9.17) is 8.83 Å². The van der Waals surface area contributed by atoms with Gasteiger partial charge in [0.15, 0.2) is 11.5 Å². The zero-order valence-corrected chi connectivity index (χ0v) is 15.4. The molecule has 8 nitrogen and oxygen atoms in total. The van der Waals surface area contributed by atoms with Crippen molar-refractivity contribution in [1.29, 1.82) is 0 Å². The number of likely N-dealkylation sites (tertiary alicyclic amines) is 1. The van der Waals surface area contributed by atoms with Crippen LogP contribution in [-0.4, -0.2) is 39.4 Å². The van der Waals surface area contributed by atoms with Crippen LogP contribution >= 0.6 is 0 Å². The highest BCUT2D eigenvalue weighted by molar-refractivity contribution is 6.39. The Morgan fingerprint density at radius 1 is 1.39 bits per heavy atom. The van der Waals surface area contributed by atoms with Crippen LogP contribution < -0.4 is 5.32 Å². The van der Waals surface area contributed by atoms with Gasteiger partial charge in [-0.25, -0.2) is 4.98 Å². The standard InChI is InChI=1S/C20H21N3O5/c1-12-21-15-7-6-13(10-18(15)28-12)22-19(25)20(26)23-8-2-4-14(23)11-16(24)17-5-3-9-27-17/h3,5-7,9-10,14,16,24H,2,4,8,11H2,1H3,(H,22,25)/t14-,16+/m0/s1. The van der Waals surface area contributed by atoms with Crippen molar-refractivity contribution in [3.05, 3.63) is 48.2 Å². The normalized spacial score (nSPS) is 17.8. The fourth-order valence-electron chi connectivity index (χ4n) is 3.64. The first-order valence-corrected chi connectivity index (χ1v) is 9.22. The Morgan fingerprint density at radius 3 is 3.04 bits per heavy atom. The van der Waals surface area contributed by atoms with E-state index in [9.17, 15) is 14.7 Å². The van der Waals surface area contributed by atoms with E-state index < -0.39 is 17.9 Å². The van der Waals surface area contributed by atoms with Crippen LogP contribution in [0.25, 0.3) is 11.1 Å². The molecular formula is C20H21N3O5. The number of nitrogens with one attached hydrogen (secondary N) is 1. The molecule has 1 aliphatic heterocycles. The van der Waals surface area contributed by atoms with Crippen LogP contribution in [0.15, 0.2) is 45.4 Å². The summed E-state index contributed by atoms with van der Waals surface area (Å²) in [5.41, 5.74) is 1.70. The lowest BCUT2D eigenvalue weighted by molar-refractivity contribution is -0.144. The highest BCUT2D eigenvalue weighted by Gasteiger charge is 2.34. The first-order valence-electron chi connectivity index (χ1n) is 9.22. The smallest absolute Gasteiger partial charge is 0.313 e. The van der Waals surface area contributed by atoms with Crippen molar-refractivity contribution in [3.8, 4) is 0 Å². The van der Waals surface area contributed by atoms with E-state index in [-0.39, 0.29) is 6.04 Å². The second-order valence-electron chi connectivity index (χ2n) is 6.93. The molecule has 2 aromatic heterocycles. The van der Waals surface area contributed by atoms with Gasteiger partial charge in [0.2, 0.25) is 0 Å². The molecule has 0 radical (unpaired) electrons. The van der Waals surface area contributed by atoms with Crippen molar-refractivity contribution in [2.24, 2.45) is 0 Å². The molecule has 0 saturated carbocycles. The van der Waals surface area contributed by atoms with Crippen LogP contribution in [0.1, 0.15) is 37.0 Å². The average Bonchev–Trinajstić information content (AvgIpc) is 3.40.